The van der Waals surface area contributed by atoms with Crippen molar-refractivity contribution >= 4 is 0 Å². The molecule has 3 fully saturated rings. The molecule has 0 heterocycles. The second-order valence-corrected chi connectivity index (χ2v) is 14.9. The number of rotatable bonds is 12. The summed E-state index contributed by atoms with van der Waals surface area (Å²) in [7, 11) is 0. The van der Waals surface area contributed by atoms with Gasteiger partial charge in [0.05, 0.1) is 0 Å². The van der Waals surface area contributed by atoms with E-state index in [-0.39, 0.29) is 0 Å². The Morgan fingerprint density at radius 1 is 0.694 bits per heavy atom. The fourth-order valence-corrected chi connectivity index (χ4v) is 10.1. The molecule has 0 nitrogen and oxygen atoms in total. The van der Waals surface area contributed by atoms with Crippen molar-refractivity contribution in [2.24, 2.45) is 65.1 Å². The van der Waals surface area contributed by atoms with Crippen LogP contribution in [-0.4, -0.2) is 0 Å². The fourth-order valence-electron chi connectivity index (χ4n) is 10.1. The zero-order chi connectivity index (χ0) is 26.1. The van der Waals surface area contributed by atoms with E-state index in [1.54, 1.807) is 32.1 Å². The third-order valence-corrected chi connectivity index (χ3v) is 12.0. The van der Waals surface area contributed by atoms with Crippen LogP contribution in [-0.2, 0) is 0 Å². The maximum atomic E-state index is 2.71. The highest BCUT2D eigenvalue weighted by Crippen LogP contribution is 2.55. The largest absolute Gasteiger partial charge is 0.0654 e. The summed E-state index contributed by atoms with van der Waals surface area (Å²) >= 11 is 0. The number of fused-ring (bicyclic) bond motifs is 1. The molecule has 36 heavy (non-hydrogen) atoms. The van der Waals surface area contributed by atoms with E-state index in [0.717, 1.165) is 65.1 Å². The van der Waals surface area contributed by atoms with Crippen molar-refractivity contribution < 1.29 is 0 Å². The van der Waals surface area contributed by atoms with Gasteiger partial charge < -0.3 is 0 Å². The Morgan fingerprint density at radius 2 is 1.39 bits per heavy atom. The molecular formula is C36H68. The Labute approximate surface area is 228 Å². The van der Waals surface area contributed by atoms with Gasteiger partial charge in [-0.15, -0.1) is 0 Å². The van der Waals surface area contributed by atoms with Gasteiger partial charge in [-0.05, 0) is 90.8 Å². The van der Waals surface area contributed by atoms with Crippen LogP contribution in [0.2, 0.25) is 0 Å². The minimum Gasteiger partial charge on any atom is -0.0654 e. The van der Waals surface area contributed by atoms with Crippen LogP contribution in [0.4, 0.5) is 0 Å². The summed E-state index contributed by atoms with van der Waals surface area (Å²) in [5.74, 6) is 10.8. The van der Waals surface area contributed by atoms with E-state index in [2.05, 4.69) is 48.5 Å². The quantitative estimate of drug-likeness (QED) is 0.234. The normalized spacial score (nSPS) is 37.7. The monoisotopic (exact) mass is 501 g/mol. The van der Waals surface area contributed by atoms with Crippen molar-refractivity contribution in [1.29, 1.82) is 0 Å². The summed E-state index contributed by atoms with van der Waals surface area (Å²) in [4.78, 5) is 0. The average molecular weight is 501 g/mol. The summed E-state index contributed by atoms with van der Waals surface area (Å²) in [5, 5.41) is 0. The summed E-state index contributed by atoms with van der Waals surface area (Å²) in [6.07, 6.45) is 27.0. The zero-order valence-corrected chi connectivity index (χ0v) is 26.1. The van der Waals surface area contributed by atoms with E-state index in [4.69, 9.17) is 0 Å². The maximum Gasteiger partial charge on any atom is -0.0329 e. The predicted molar refractivity (Wildman–Crippen MR) is 161 cm³/mol. The van der Waals surface area contributed by atoms with Gasteiger partial charge >= 0.3 is 0 Å². The first kappa shape index (κ1) is 30.5. The first-order valence-corrected chi connectivity index (χ1v) is 17.4. The van der Waals surface area contributed by atoms with E-state index in [1.807, 2.05) is 0 Å². The Hall–Kier alpha value is 0. The lowest BCUT2D eigenvalue weighted by Crippen LogP contribution is -2.45. The van der Waals surface area contributed by atoms with Gasteiger partial charge in [0, 0.05) is 0 Å². The lowest BCUT2D eigenvalue weighted by atomic mass is 9.53. The van der Waals surface area contributed by atoms with Crippen molar-refractivity contribution in [3.05, 3.63) is 0 Å². The van der Waals surface area contributed by atoms with Crippen molar-refractivity contribution in [1.82, 2.24) is 0 Å². The molecule has 0 radical (unpaired) electrons. The SMILES string of the molecule is CCCCCC1CCCC(C2C(C)CCC(C)C(C(C)CC(CCCC)C(C)C)C3CCCCC32)C1. The second kappa shape index (κ2) is 15.6. The molecule has 0 aromatic rings. The highest BCUT2D eigenvalue weighted by atomic mass is 14.5. The van der Waals surface area contributed by atoms with Gasteiger partial charge in [-0.2, -0.15) is 0 Å². The first-order valence-electron chi connectivity index (χ1n) is 17.4. The van der Waals surface area contributed by atoms with Crippen LogP contribution in [0.15, 0.2) is 0 Å². The highest BCUT2D eigenvalue weighted by Gasteiger charge is 2.46. The molecule has 10 atom stereocenters. The molecule has 0 saturated heterocycles. The van der Waals surface area contributed by atoms with E-state index in [0.29, 0.717) is 0 Å². The summed E-state index contributed by atoms with van der Waals surface area (Å²) in [6.45, 7) is 17.9. The molecule has 0 amide bonds. The van der Waals surface area contributed by atoms with Crippen molar-refractivity contribution in [3.8, 4) is 0 Å². The van der Waals surface area contributed by atoms with Gasteiger partial charge in [-0.1, -0.05) is 138 Å². The molecule has 3 aliphatic carbocycles. The van der Waals surface area contributed by atoms with Gasteiger partial charge in [-0.3, -0.25) is 0 Å². The molecule has 10 unspecified atom stereocenters. The smallest absolute Gasteiger partial charge is 0.0329 e. The van der Waals surface area contributed by atoms with Crippen LogP contribution in [0, 0.1) is 65.1 Å². The van der Waals surface area contributed by atoms with Gasteiger partial charge in [0.2, 0.25) is 0 Å². The second-order valence-electron chi connectivity index (χ2n) is 14.9. The zero-order valence-electron chi connectivity index (χ0n) is 26.1. The van der Waals surface area contributed by atoms with E-state index >= 15 is 0 Å². The molecule has 0 aromatic heterocycles. The Bertz CT molecular complexity index is 577. The van der Waals surface area contributed by atoms with E-state index < -0.39 is 0 Å². The van der Waals surface area contributed by atoms with Crippen LogP contribution in [0.5, 0.6) is 0 Å². The Morgan fingerprint density at radius 3 is 2.08 bits per heavy atom. The molecule has 3 saturated carbocycles. The van der Waals surface area contributed by atoms with Gasteiger partial charge in [-0.25, -0.2) is 0 Å². The molecule has 0 aliphatic heterocycles. The van der Waals surface area contributed by atoms with Crippen LogP contribution in [0.1, 0.15) is 164 Å². The van der Waals surface area contributed by atoms with Crippen molar-refractivity contribution in [2.75, 3.05) is 0 Å². The predicted octanol–water partition coefficient (Wildman–Crippen LogP) is 12.0. The number of hydrogen-bond acceptors (Lipinski definition) is 0. The minimum atomic E-state index is 0.852. The number of unbranched alkanes of at least 4 members (excludes halogenated alkanes) is 3. The highest BCUT2D eigenvalue weighted by molar-refractivity contribution is 4.96. The van der Waals surface area contributed by atoms with Crippen molar-refractivity contribution in [2.45, 2.75) is 164 Å². The van der Waals surface area contributed by atoms with Crippen LogP contribution in [0.25, 0.3) is 0 Å². The standard InChI is InChI=1S/C36H68/c1-8-10-12-16-30-17-15-19-32(25-30)36-28(6)23-22-27(5)35(33-20-13-14-21-34(33)36)29(7)24-31(26(3)4)18-11-9-2/h26-36H,8-25H2,1-7H3. The van der Waals surface area contributed by atoms with E-state index in [1.165, 1.54) is 83.5 Å². The van der Waals surface area contributed by atoms with Crippen LogP contribution < -0.4 is 0 Å². The minimum absolute atomic E-state index is 0.852. The lowest BCUT2D eigenvalue weighted by molar-refractivity contribution is -0.0316. The molecular weight excluding hydrogens is 432 g/mol. The maximum absolute atomic E-state index is 2.71. The third-order valence-electron chi connectivity index (χ3n) is 12.0. The Kier molecular flexibility index (Phi) is 13.2. The lowest BCUT2D eigenvalue weighted by Gasteiger charge is -2.52. The van der Waals surface area contributed by atoms with Gasteiger partial charge in [0.1, 0.15) is 0 Å². The topological polar surface area (TPSA) is 0 Å². The molecule has 0 spiro atoms. The first-order chi connectivity index (χ1) is 17.4. The molecule has 0 heteroatoms. The molecule has 0 bridgehead atoms. The third kappa shape index (κ3) is 8.25. The van der Waals surface area contributed by atoms with Crippen LogP contribution >= 0.6 is 0 Å². The Balaban J connectivity index is 1.78. The average Bonchev–Trinajstić information content (AvgIpc) is 2.86. The summed E-state index contributed by atoms with van der Waals surface area (Å²) < 4.78 is 0. The van der Waals surface area contributed by atoms with Gasteiger partial charge in [0.15, 0.2) is 0 Å². The van der Waals surface area contributed by atoms with E-state index in [9.17, 15) is 0 Å². The molecule has 3 aliphatic rings. The number of hydrogen-bond donors (Lipinski definition) is 0. The summed E-state index contributed by atoms with van der Waals surface area (Å²) in [6, 6.07) is 0. The molecule has 0 aromatic carbocycles. The molecule has 0 N–H and O–H groups in total. The molecule has 3 rings (SSSR count). The van der Waals surface area contributed by atoms with Crippen molar-refractivity contribution in [3.63, 3.8) is 0 Å². The van der Waals surface area contributed by atoms with Crippen LogP contribution in [0.3, 0.4) is 0 Å². The summed E-state index contributed by atoms with van der Waals surface area (Å²) in [5.41, 5.74) is 0. The molecule has 212 valence electrons. The fraction of sp³-hybridized carbons (Fsp3) is 1.00. The van der Waals surface area contributed by atoms with Gasteiger partial charge in [0.25, 0.3) is 0 Å².